The van der Waals surface area contributed by atoms with E-state index >= 15 is 0 Å². The zero-order valence-electron chi connectivity index (χ0n) is 12.7. The summed E-state index contributed by atoms with van der Waals surface area (Å²) in [6, 6.07) is 9.23. The summed E-state index contributed by atoms with van der Waals surface area (Å²) in [5.41, 5.74) is 3.13. The molecule has 112 valence electrons. The highest BCUT2D eigenvalue weighted by molar-refractivity contribution is 7.99. The van der Waals surface area contributed by atoms with Crippen molar-refractivity contribution in [3.8, 4) is 0 Å². The molecule has 4 heteroatoms. The molecule has 0 aliphatic heterocycles. The Morgan fingerprint density at radius 3 is 2.67 bits per heavy atom. The van der Waals surface area contributed by atoms with Gasteiger partial charge in [0.2, 0.25) is 0 Å². The van der Waals surface area contributed by atoms with Gasteiger partial charge in [-0.1, -0.05) is 18.7 Å². The van der Waals surface area contributed by atoms with Gasteiger partial charge in [0, 0.05) is 17.1 Å². The maximum atomic E-state index is 13.7. The molecule has 0 unspecified atom stereocenters. The van der Waals surface area contributed by atoms with E-state index in [0.717, 1.165) is 34.1 Å². The zero-order chi connectivity index (χ0) is 15.2. The molecule has 2 nitrogen and oxygen atoms in total. The van der Waals surface area contributed by atoms with Crippen molar-refractivity contribution in [1.29, 1.82) is 0 Å². The summed E-state index contributed by atoms with van der Waals surface area (Å²) < 4.78 is 13.7. The molecule has 0 aliphatic rings. The first-order chi connectivity index (χ1) is 10.1. The first kappa shape index (κ1) is 16.0. The maximum Gasteiger partial charge on any atom is 0.124 e. The quantitative estimate of drug-likeness (QED) is 0.796. The summed E-state index contributed by atoms with van der Waals surface area (Å²) in [5.74, 6) is -0.197. The molecule has 2 aromatic rings. The van der Waals surface area contributed by atoms with Crippen LogP contribution >= 0.6 is 11.8 Å². The topological polar surface area (TPSA) is 24.9 Å². The number of hydrogen-bond acceptors (Lipinski definition) is 3. The van der Waals surface area contributed by atoms with E-state index in [0.29, 0.717) is 6.54 Å². The second-order valence-electron chi connectivity index (χ2n) is 5.20. The van der Waals surface area contributed by atoms with Crippen molar-refractivity contribution in [3.05, 3.63) is 53.0 Å². The van der Waals surface area contributed by atoms with E-state index in [-0.39, 0.29) is 5.82 Å². The fourth-order valence-corrected chi connectivity index (χ4v) is 3.23. The van der Waals surface area contributed by atoms with Crippen molar-refractivity contribution in [3.63, 3.8) is 0 Å². The van der Waals surface area contributed by atoms with E-state index in [1.807, 2.05) is 32.0 Å². The summed E-state index contributed by atoms with van der Waals surface area (Å²) >= 11 is 1.50. The van der Waals surface area contributed by atoms with Crippen LogP contribution in [-0.2, 0) is 6.54 Å². The zero-order valence-corrected chi connectivity index (χ0v) is 13.6. The van der Waals surface area contributed by atoms with Gasteiger partial charge < -0.3 is 5.32 Å². The number of nitrogens with zero attached hydrogens (tertiary/aromatic N) is 1. The molecule has 0 aliphatic carbocycles. The number of hydrogen-bond donors (Lipinski definition) is 1. The SMILES string of the molecule is CCCNCc1cc(F)cc(Sc2cc(C)cc(C)n2)c1. The molecule has 0 atom stereocenters. The molecule has 0 radical (unpaired) electrons. The van der Waals surface area contributed by atoms with Gasteiger partial charge in [0.15, 0.2) is 0 Å². The number of nitrogens with one attached hydrogen (secondary N) is 1. The minimum atomic E-state index is -0.197. The normalized spacial score (nSPS) is 10.9. The average Bonchev–Trinajstić information content (AvgIpc) is 2.37. The molecule has 1 aromatic heterocycles. The molecule has 0 saturated heterocycles. The van der Waals surface area contributed by atoms with Crippen molar-refractivity contribution < 1.29 is 4.39 Å². The molecule has 1 N–H and O–H groups in total. The predicted molar refractivity (Wildman–Crippen MR) is 86.2 cm³/mol. The second-order valence-corrected chi connectivity index (χ2v) is 6.29. The molecular weight excluding hydrogens is 283 g/mol. The monoisotopic (exact) mass is 304 g/mol. The lowest BCUT2D eigenvalue weighted by Gasteiger charge is -2.08. The highest BCUT2D eigenvalue weighted by atomic mass is 32.2. The maximum absolute atomic E-state index is 13.7. The second kappa shape index (κ2) is 7.57. The number of rotatable bonds is 6. The number of aromatic nitrogens is 1. The first-order valence-corrected chi connectivity index (χ1v) is 8.02. The number of pyridine rings is 1. The minimum Gasteiger partial charge on any atom is -0.313 e. The summed E-state index contributed by atoms with van der Waals surface area (Å²) in [5, 5.41) is 4.20. The molecule has 21 heavy (non-hydrogen) atoms. The lowest BCUT2D eigenvalue weighted by molar-refractivity contribution is 0.615. The van der Waals surface area contributed by atoms with Crippen molar-refractivity contribution in [2.24, 2.45) is 0 Å². The van der Waals surface area contributed by atoms with E-state index in [1.165, 1.54) is 17.3 Å². The van der Waals surface area contributed by atoms with E-state index < -0.39 is 0 Å². The molecule has 0 bridgehead atoms. The molecule has 2 rings (SSSR count). The Labute approximate surface area is 130 Å². The lowest BCUT2D eigenvalue weighted by Crippen LogP contribution is -2.13. The average molecular weight is 304 g/mol. The van der Waals surface area contributed by atoms with Gasteiger partial charge in [-0.15, -0.1) is 0 Å². The largest absolute Gasteiger partial charge is 0.313 e. The van der Waals surface area contributed by atoms with E-state index in [9.17, 15) is 4.39 Å². The lowest BCUT2D eigenvalue weighted by atomic mass is 10.2. The number of halogens is 1. The number of aryl methyl sites for hydroxylation is 2. The van der Waals surface area contributed by atoms with Crippen LogP contribution in [0, 0.1) is 19.7 Å². The van der Waals surface area contributed by atoms with Crippen molar-refractivity contribution in [2.75, 3.05) is 6.54 Å². The fraction of sp³-hybridized carbons (Fsp3) is 0.353. The third kappa shape index (κ3) is 5.14. The standard InChI is InChI=1S/C17H21FN2S/c1-4-5-19-11-14-8-15(18)10-16(9-14)21-17-7-12(2)6-13(3)20-17/h6-10,19H,4-5,11H2,1-3H3. The van der Waals surface area contributed by atoms with Crippen LogP contribution in [0.25, 0.3) is 0 Å². The van der Waals surface area contributed by atoms with Gasteiger partial charge >= 0.3 is 0 Å². The minimum absolute atomic E-state index is 0.197. The summed E-state index contributed by atoms with van der Waals surface area (Å²) in [6.07, 6.45) is 1.07. The highest BCUT2D eigenvalue weighted by Gasteiger charge is 2.05. The van der Waals surface area contributed by atoms with Crippen LogP contribution in [0.3, 0.4) is 0 Å². The van der Waals surface area contributed by atoms with Crippen molar-refractivity contribution in [2.45, 2.75) is 43.7 Å². The Morgan fingerprint density at radius 2 is 1.95 bits per heavy atom. The van der Waals surface area contributed by atoms with Gasteiger partial charge in [0.05, 0.1) is 0 Å². The molecule has 1 aromatic carbocycles. The highest BCUT2D eigenvalue weighted by Crippen LogP contribution is 2.28. The van der Waals surface area contributed by atoms with E-state index in [1.54, 1.807) is 12.1 Å². The summed E-state index contributed by atoms with van der Waals surface area (Å²) in [7, 11) is 0. The molecule has 0 fully saturated rings. The molecule has 0 amide bonds. The third-order valence-corrected chi connectivity index (χ3v) is 3.87. The van der Waals surface area contributed by atoms with Gasteiger partial charge in [0.25, 0.3) is 0 Å². The van der Waals surface area contributed by atoms with E-state index in [4.69, 9.17) is 0 Å². The fourth-order valence-electron chi connectivity index (χ4n) is 2.17. The smallest absolute Gasteiger partial charge is 0.124 e. The van der Waals surface area contributed by atoms with Gasteiger partial charge in [-0.3, -0.25) is 0 Å². The van der Waals surface area contributed by atoms with Crippen LogP contribution in [0.15, 0.2) is 40.3 Å². The molecule has 0 spiro atoms. The Balaban J connectivity index is 2.15. The number of benzene rings is 1. The summed E-state index contributed by atoms with van der Waals surface area (Å²) in [6.45, 7) is 7.77. The van der Waals surface area contributed by atoms with Gasteiger partial charge in [-0.05, 0) is 68.3 Å². The van der Waals surface area contributed by atoms with Crippen molar-refractivity contribution >= 4 is 11.8 Å². The Hall–Kier alpha value is -1.39. The van der Waals surface area contributed by atoms with Gasteiger partial charge in [-0.2, -0.15) is 0 Å². The van der Waals surface area contributed by atoms with Crippen LogP contribution < -0.4 is 5.32 Å². The van der Waals surface area contributed by atoms with Gasteiger partial charge in [-0.25, -0.2) is 9.37 Å². The Morgan fingerprint density at radius 1 is 1.14 bits per heavy atom. The Kier molecular flexibility index (Phi) is 5.76. The van der Waals surface area contributed by atoms with Crippen LogP contribution in [0.2, 0.25) is 0 Å². The van der Waals surface area contributed by atoms with Crippen LogP contribution in [0.5, 0.6) is 0 Å². The van der Waals surface area contributed by atoms with Crippen molar-refractivity contribution in [1.82, 2.24) is 10.3 Å². The molecule has 1 heterocycles. The predicted octanol–water partition coefficient (Wildman–Crippen LogP) is 4.49. The first-order valence-electron chi connectivity index (χ1n) is 7.20. The third-order valence-electron chi connectivity index (χ3n) is 2.98. The molecule has 0 saturated carbocycles. The van der Waals surface area contributed by atoms with Gasteiger partial charge in [0.1, 0.15) is 10.8 Å². The van der Waals surface area contributed by atoms with Crippen LogP contribution in [-0.4, -0.2) is 11.5 Å². The van der Waals surface area contributed by atoms with Crippen LogP contribution in [0.1, 0.15) is 30.2 Å². The van der Waals surface area contributed by atoms with E-state index in [2.05, 4.69) is 17.2 Å². The summed E-state index contributed by atoms with van der Waals surface area (Å²) in [4.78, 5) is 5.38. The molecular formula is C17H21FN2S. The van der Waals surface area contributed by atoms with Crippen LogP contribution in [0.4, 0.5) is 4.39 Å². The Bertz CT molecular complexity index is 593.